The average Bonchev–Trinajstić information content (AvgIpc) is 3.57. The molecule has 0 unspecified atom stereocenters. The first-order valence-corrected chi connectivity index (χ1v) is 11.9. The summed E-state index contributed by atoms with van der Waals surface area (Å²) in [6, 6.07) is 17.5. The second-order valence-corrected chi connectivity index (χ2v) is 8.67. The Morgan fingerprint density at radius 1 is 1.00 bits per heavy atom. The minimum absolute atomic E-state index is 0. The van der Waals surface area contributed by atoms with E-state index in [9.17, 15) is 9.59 Å². The number of aryl methyl sites for hydroxylation is 2. The van der Waals surface area contributed by atoms with Gasteiger partial charge < -0.3 is 4.42 Å². The zero-order chi connectivity index (χ0) is 25.1. The monoisotopic (exact) mass is 522 g/mol. The Kier molecular flexibility index (Phi) is 8.94. The van der Waals surface area contributed by atoms with Gasteiger partial charge in [-0.2, -0.15) is 0 Å². The molecular weight excluding hydrogens is 495 g/mol. The molecule has 0 saturated carbocycles. The van der Waals surface area contributed by atoms with Gasteiger partial charge in [-0.25, -0.2) is 9.78 Å². The second kappa shape index (κ2) is 12.1. The van der Waals surface area contributed by atoms with Crippen molar-refractivity contribution in [3.63, 3.8) is 0 Å². The number of benzene rings is 2. The maximum absolute atomic E-state index is 13.6. The molecule has 8 nitrogen and oxygen atoms in total. The van der Waals surface area contributed by atoms with E-state index in [0.717, 1.165) is 47.2 Å². The van der Waals surface area contributed by atoms with Crippen molar-refractivity contribution in [3.05, 3.63) is 111 Å². The standard InChI is InChI=1S/C28H26N4O4.K.H/c1-3-4-9-25-24(27(33)32(18(2)29-25)21-14-15-35-17-21)16-19-10-12-20(13-11-19)22-7-5-6-8-23(22)26-30-28(34)36-31-26;;/h5-8,10-15,17H,3-4,9,16H2,1-2H3,(H,30,31,34);;. The van der Waals surface area contributed by atoms with Gasteiger partial charge in [0.05, 0.1) is 17.6 Å². The van der Waals surface area contributed by atoms with Crippen LogP contribution < -0.4 is 11.3 Å². The van der Waals surface area contributed by atoms with Gasteiger partial charge in [0.15, 0.2) is 5.82 Å². The maximum atomic E-state index is 13.6. The Labute approximate surface area is 256 Å². The molecule has 37 heavy (non-hydrogen) atoms. The molecular formula is C28H27KN4O4. The predicted octanol–water partition coefficient (Wildman–Crippen LogP) is 4.43. The molecule has 0 atom stereocenters. The summed E-state index contributed by atoms with van der Waals surface area (Å²) in [7, 11) is 0. The molecule has 3 aromatic heterocycles. The van der Waals surface area contributed by atoms with Crippen molar-refractivity contribution in [3.8, 4) is 28.2 Å². The van der Waals surface area contributed by atoms with E-state index in [4.69, 9.17) is 9.40 Å². The van der Waals surface area contributed by atoms with Crippen LogP contribution in [0.1, 0.15) is 42.4 Å². The Balaban J connectivity index is 0.00000320. The number of hydrogen-bond donors (Lipinski definition) is 1. The van der Waals surface area contributed by atoms with E-state index in [1.165, 1.54) is 0 Å². The van der Waals surface area contributed by atoms with Gasteiger partial charge >= 0.3 is 57.1 Å². The molecule has 0 aliphatic rings. The van der Waals surface area contributed by atoms with E-state index in [1.807, 2.05) is 55.5 Å². The fourth-order valence-corrected chi connectivity index (χ4v) is 4.43. The van der Waals surface area contributed by atoms with Crippen LogP contribution in [0.25, 0.3) is 28.2 Å². The number of nitrogens with zero attached hydrogens (tertiary/aromatic N) is 3. The van der Waals surface area contributed by atoms with Crippen LogP contribution in [0.15, 0.2) is 85.7 Å². The minimum atomic E-state index is -0.596. The number of unbranched alkanes of at least 4 members (excludes halogenated alkanes) is 1. The van der Waals surface area contributed by atoms with E-state index in [2.05, 4.69) is 21.6 Å². The van der Waals surface area contributed by atoms with Crippen LogP contribution in [0, 0.1) is 6.92 Å². The Morgan fingerprint density at radius 3 is 2.41 bits per heavy atom. The summed E-state index contributed by atoms with van der Waals surface area (Å²) in [5.41, 5.74) is 5.80. The summed E-state index contributed by atoms with van der Waals surface area (Å²) in [6.45, 7) is 3.98. The van der Waals surface area contributed by atoms with Crippen molar-refractivity contribution in [2.45, 2.75) is 39.5 Å². The molecule has 2 aromatic carbocycles. The van der Waals surface area contributed by atoms with Crippen LogP contribution >= 0.6 is 0 Å². The SMILES string of the molecule is CCCCc1nc(C)n(-c2ccoc2)c(=O)c1Cc1ccc(-c2ccccc2-c2noc(=O)[nH]2)cc1.[KH]. The average molecular weight is 523 g/mol. The van der Waals surface area contributed by atoms with E-state index >= 15 is 0 Å². The molecule has 5 rings (SSSR count). The third kappa shape index (κ3) is 5.86. The molecule has 3 heterocycles. The Hall–Kier alpha value is -2.82. The molecule has 0 spiro atoms. The van der Waals surface area contributed by atoms with Crippen LogP contribution in [0.2, 0.25) is 0 Å². The second-order valence-electron chi connectivity index (χ2n) is 8.67. The number of hydrogen-bond acceptors (Lipinski definition) is 6. The van der Waals surface area contributed by atoms with Gasteiger partial charge in [-0.15, -0.1) is 0 Å². The summed E-state index contributed by atoms with van der Waals surface area (Å²) in [6.07, 6.45) is 6.33. The van der Waals surface area contributed by atoms with Crippen molar-refractivity contribution in [2.75, 3.05) is 0 Å². The predicted molar refractivity (Wildman–Crippen MR) is 143 cm³/mol. The van der Waals surface area contributed by atoms with Crippen molar-refractivity contribution in [2.24, 2.45) is 0 Å². The fraction of sp³-hybridized carbons (Fsp3) is 0.214. The van der Waals surface area contributed by atoms with Gasteiger partial charge in [-0.1, -0.05) is 67.0 Å². The molecule has 5 aromatic rings. The molecule has 0 fully saturated rings. The summed E-state index contributed by atoms with van der Waals surface area (Å²) >= 11 is 0. The first-order valence-electron chi connectivity index (χ1n) is 11.9. The van der Waals surface area contributed by atoms with E-state index in [1.54, 1.807) is 23.2 Å². The van der Waals surface area contributed by atoms with Crippen molar-refractivity contribution in [1.82, 2.24) is 19.7 Å². The van der Waals surface area contributed by atoms with Gasteiger partial charge in [-0.05, 0) is 36.5 Å². The van der Waals surface area contributed by atoms with E-state index in [-0.39, 0.29) is 56.9 Å². The molecule has 0 bridgehead atoms. The molecule has 0 aliphatic carbocycles. The van der Waals surface area contributed by atoms with Crippen molar-refractivity contribution < 1.29 is 8.94 Å². The van der Waals surface area contributed by atoms with Gasteiger partial charge in [0.25, 0.3) is 5.56 Å². The first kappa shape index (κ1) is 27.2. The summed E-state index contributed by atoms with van der Waals surface area (Å²) in [5, 5.41) is 3.83. The number of furan rings is 1. The van der Waals surface area contributed by atoms with Crippen LogP contribution in [0.3, 0.4) is 0 Å². The third-order valence-corrected chi connectivity index (χ3v) is 6.23. The summed E-state index contributed by atoms with van der Waals surface area (Å²) in [4.78, 5) is 32.5. The number of rotatable bonds is 8. The van der Waals surface area contributed by atoms with E-state index < -0.39 is 5.76 Å². The quantitative estimate of drug-likeness (QED) is 0.302. The fourth-order valence-electron chi connectivity index (χ4n) is 4.43. The molecule has 0 aliphatic heterocycles. The van der Waals surface area contributed by atoms with Crippen LogP contribution in [0.4, 0.5) is 0 Å². The van der Waals surface area contributed by atoms with Crippen molar-refractivity contribution >= 4 is 51.4 Å². The van der Waals surface area contributed by atoms with Crippen LogP contribution in [0.5, 0.6) is 0 Å². The van der Waals surface area contributed by atoms with Crippen LogP contribution in [-0.4, -0.2) is 71.1 Å². The molecule has 0 saturated heterocycles. The zero-order valence-electron chi connectivity index (χ0n) is 20.2. The Morgan fingerprint density at radius 2 is 1.76 bits per heavy atom. The van der Waals surface area contributed by atoms with Gasteiger partial charge in [-0.3, -0.25) is 18.9 Å². The summed E-state index contributed by atoms with van der Waals surface area (Å²) < 4.78 is 11.5. The number of aromatic nitrogens is 4. The van der Waals surface area contributed by atoms with Gasteiger partial charge in [0.2, 0.25) is 0 Å². The topological polar surface area (TPSA) is 107 Å². The molecule has 0 radical (unpaired) electrons. The number of nitrogens with one attached hydrogen (secondary N) is 1. The molecule has 9 heteroatoms. The number of H-pyrrole nitrogens is 1. The first-order chi connectivity index (χ1) is 17.5. The van der Waals surface area contributed by atoms with Crippen LogP contribution in [-0.2, 0) is 12.8 Å². The zero-order valence-corrected chi connectivity index (χ0v) is 20.2. The number of aromatic amines is 1. The van der Waals surface area contributed by atoms with Gasteiger partial charge in [0.1, 0.15) is 12.1 Å². The molecule has 0 amide bonds. The summed E-state index contributed by atoms with van der Waals surface area (Å²) in [5.74, 6) is 0.432. The van der Waals surface area contributed by atoms with E-state index in [0.29, 0.717) is 29.3 Å². The normalized spacial score (nSPS) is 10.9. The van der Waals surface area contributed by atoms with Crippen molar-refractivity contribution in [1.29, 1.82) is 0 Å². The Bertz CT molecular complexity index is 1600. The molecule has 1 N–H and O–H groups in total. The third-order valence-electron chi connectivity index (χ3n) is 6.23. The van der Waals surface area contributed by atoms with Gasteiger partial charge in [0, 0.05) is 23.6 Å². The molecule has 184 valence electrons.